The second kappa shape index (κ2) is 10.1. The molecule has 4 rings (SSSR count). The largest absolute Gasteiger partial charge is 0.324 e. The number of carbonyl (C=O) groups is 1. The van der Waals surface area contributed by atoms with Crippen LogP contribution in [0.25, 0.3) is 0 Å². The molecule has 2 aliphatic rings. The van der Waals surface area contributed by atoms with Crippen molar-refractivity contribution >= 4 is 45.0 Å². The van der Waals surface area contributed by atoms with E-state index in [-0.39, 0.29) is 27.6 Å². The van der Waals surface area contributed by atoms with E-state index in [0.29, 0.717) is 18.2 Å². The standard InChI is InChI=1S/C20H27ClN6O3S2/c1-14(31-20-23-24-25-27(20)15-7-3-4-8-15)19(28)22-18-13-16(9-10-17(18)21)32(29,30)26-11-5-2-6-12-26/h9-10,13-15H,2-8,11-12H2,1H3,(H,22,28)/t14-/m0/s1. The summed E-state index contributed by atoms with van der Waals surface area (Å²) in [6.45, 7) is 2.78. The number of nitrogens with zero attached hydrogens (tertiary/aromatic N) is 5. The van der Waals surface area contributed by atoms with Crippen molar-refractivity contribution in [3.63, 3.8) is 0 Å². The zero-order valence-electron chi connectivity index (χ0n) is 17.9. The Morgan fingerprint density at radius 3 is 2.62 bits per heavy atom. The number of aromatic nitrogens is 4. The van der Waals surface area contributed by atoms with E-state index in [0.717, 1.165) is 44.9 Å². The number of sulfonamides is 1. The normalized spacial score (nSPS) is 19.2. The van der Waals surface area contributed by atoms with Gasteiger partial charge in [0.15, 0.2) is 0 Å². The lowest BCUT2D eigenvalue weighted by atomic mass is 10.2. The van der Waals surface area contributed by atoms with Gasteiger partial charge in [-0.2, -0.15) is 4.31 Å². The second-order valence-corrected chi connectivity index (χ2v) is 11.9. The van der Waals surface area contributed by atoms with Gasteiger partial charge >= 0.3 is 0 Å². The van der Waals surface area contributed by atoms with Crippen LogP contribution < -0.4 is 5.32 Å². The minimum atomic E-state index is -3.63. The number of thioether (sulfide) groups is 1. The summed E-state index contributed by atoms with van der Waals surface area (Å²) >= 11 is 7.54. The summed E-state index contributed by atoms with van der Waals surface area (Å²) in [5.74, 6) is -0.301. The number of anilines is 1. The number of tetrazole rings is 1. The molecule has 2 heterocycles. The molecule has 174 valence electrons. The number of nitrogens with one attached hydrogen (secondary N) is 1. The number of benzene rings is 1. The summed E-state index contributed by atoms with van der Waals surface area (Å²) in [7, 11) is -3.63. The van der Waals surface area contributed by atoms with Crippen LogP contribution in [0.15, 0.2) is 28.3 Å². The van der Waals surface area contributed by atoms with Crippen LogP contribution in [-0.2, 0) is 14.8 Å². The molecule has 1 saturated carbocycles. The second-order valence-electron chi connectivity index (χ2n) is 8.20. The van der Waals surface area contributed by atoms with Gasteiger partial charge < -0.3 is 5.32 Å². The van der Waals surface area contributed by atoms with Crippen LogP contribution in [0.2, 0.25) is 5.02 Å². The molecule has 0 spiro atoms. The number of rotatable bonds is 7. The van der Waals surface area contributed by atoms with Crippen LogP contribution in [0.1, 0.15) is 57.9 Å². The van der Waals surface area contributed by atoms with E-state index in [2.05, 4.69) is 20.8 Å². The van der Waals surface area contributed by atoms with Crippen LogP contribution in [0.5, 0.6) is 0 Å². The maximum Gasteiger partial charge on any atom is 0.243 e. The number of halogens is 1. The van der Waals surface area contributed by atoms with Crippen molar-refractivity contribution in [3.8, 4) is 0 Å². The average molecular weight is 499 g/mol. The Bertz CT molecular complexity index is 1070. The predicted octanol–water partition coefficient (Wildman–Crippen LogP) is 3.74. The molecule has 1 aliphatic carbocycles. The van der Waals surface area contributed by atoms with E-state index in [1.807, 2.05) is 0 Å². The molecule has 1 aliphatic heterocycles. The average Bonchev–Trinajstić information content (AvgIpc) is 3.47. The van der Waals surface area contributed by atoms with Crippen molar-refractivity contribution in [2.75, 3.05) is 18.4 Å². The molecule has 2 fully saturated rings. The highest BCUT2D eigenvalue weighted by Crippen LogP contribution is 2.33. The van der Waals surface area contributed by atoms with E-state index >= 15 is 0 Å². The molecule has 1 saturated heterocycles. The van der Waals surface area contributed by atoms with Crippen LogP contribution in [0, 0.1) is 0 Å². The molecular formula is C20H27ClN6O3S2. The molecule has 0 bridgehead atoms. The Morgan fingerprint density at radius 2 is 1.91 bits per heavy atom. The molecule has 12 heteroatoms. The first-order chi connectivity index (χ1) is 15.4. The van der Waals surface area contributed by atoms with Crippen molar-refractivity contribution in [3.05, 3.63) is 23.2 Å². The Hall–Kier alpha value is -1.69. The first-order valence-electron chi connectivity index (χ1n) is 10.9. The SMILES string of the molecule is C[C@H](Sc1nnnn1C1CCCC1)C(=O)Nc1cc(S(=O)(=O)N2CCCCC2)ccc1Cl. The number of piperidine rings is 1. The van der Waals surface area contributed by atoms with E-state index in [4.69, 9.17) is 11.6 Å². The quantitative estimate of drug-likeness (QED) is 0.579. The van der Waals surface area contributed by atoms with Crippen molar-refractivity contribution in [2.45, 2.75) is 73.2 Å². The minimum Gasteiger partial charge on any atom is -0.324 e. The maximum atomic E-state index is 13.0. The fraction of sp³-hybridized carbons (Fsp3) is 0.600. The zero-order chi connectivity index (χ0) is 22.7. The highest BCUT2D eigenvalue weighted by atomic mass is 35.5. The number of carbonyl (C=O) groups excluding carboxylic acids is 1. The molecule has 9 nitrogen and oxygen atoms in total. The molecule has 32 heavy (non-hydrogen) atoms. The van der Waals surface area contributed by atoms with Crippen LogP contribution in [-0.4, -0.2) is 57.2 Å². The number of hydrogen-bond acceptors (Lipinski definition) is 7. The molecule has 0 radical (unpaired) electrons. The highest BCUT2D eigenvalue weighted by Gasteiger charge is 2.28. The lowest BCUT2D eigenvalue weighted by Crippen LogP contribution is -2.35. The van der Waals surface area contributed by atoms with Crippen LogP contribution in [0.4, 0.5) is 5.69 Å². The van der Waals surface area contributed by atoms with E-state index in [9.17, 15) is 13.2 Å². The van der Waals surface area contributed by atoms with Crippen molar-refractivity contribution in [1.82, 2.24) is 24.5 Å². The topological polar surface area (TPSA) is 110 Å². The third-order valence-corrected chi connectivity index (χ3v) is 9.20. The molecular weight excluding hydrogens is 472 g/mol. The molecule has 0 unspecified atom stereocenters. The maximum absolute atomic E-state index is 13.0. The monoisotopic (exact) mass is 498 g/mol. The lowest BCUT2D eigenvalue weighted by Gasteiger charge is -2.26. The van der Waals surface area contributed by atoms with E-state index < -0.39 is 15.3 Å². The van der Waals surface area contributed by atoms with Gasteiger partial charge in [0.25, 0.3) is 0 Å². The Balaban J connectivity index is 1.46. The predicted molar refractivity (Wildman–Crippen MR) is 123 cm³/mol. The lowest BCUT2D eigenvalue weighted by molar-refractivity contribution is -0.115. The third-order valence-electron chi connectivity index (χ3n) is 5.93. The van der Waals surface area contributed by atoms with Crippen LogP contribution >= 0.6 is 23.4 Å². The van der Waals surface area contributed by atoms with Gasteiger partial charge in [0, 0.05) is 13.1 Å². The summed E-state index contributed by atoms with van der Waals surface area (Å²) in [5.41, 5.74) is 0.276. The van der Waals surface area contributed by atoms with E-state index in [1.165, 1.54) is 34.3 Å². The molecule has 2 aromatic rings. The fourth-order valence-corrected chi connectivity index (χ4v) is 6.67. The summed E-state index contributed by atoms with van der Waals surface area (Å²) in [5, 5.41) is 15.1. The summed E-state index contributed by atoms with van der Waals surface area (Å²) in [6, 6.07) is 4.70. The first-order valence-corrected chi connectivity index (χ1v) is 13.6. The van der Waals surface area contributed by atoms with Gasteiger partial charge in [0.05, 0.1) is 26.9 Å². The van der Waals surface area contributed by atoms with Gasteiger partial charge in [0.1, 0.15) is 0 Å². The number of amides is 1. The molecule has 1 amide bonds. The molecule has 1 N–H and O–H groups in total. The summed E-state index contributed by atoms with van der Waals surface area (Å²) < 4.78 is 29.3. The smallest absolute Gasteiger partial charge is 0.243 e. The van der Waals surface area contributed by atoms with Gasteiger partial charge in [-0.1, -0.05) is 42.6 Å². The van der Waals surface area contributed by atoms with E-state index in [1.54, 1.807) is 11.6 Å². The number of hydrogen-bond donors (Lipinski definition) is 1. The van der Waals surface area contributed by atoms with Gasteiger partial charge in [0.2, 0.25) is 21.1 Å². The van der Waals surface area contributed by atoms with Gasteiger partial charge in [-0.05, 0) is 61.2 Å². The minimum absolute atomic E-state index is 0.129. The Kier molecular flexibility index (Phi) is 7.38. The first kappa shape index (κ1) is 23.5. The van der Waals surface area contributed by atoms with Crippen LogP contribution in [0.3, 0.4) is 0 Å². The van der Waals surface area contributed by atoms with Crippen molar-refractivity contribution < 1.29 is 13.2 Å². The summed E-state index contributed by atoms with van der Waals surface area (Å²) in [6.07, 6.45) is 7.12. The van der Waals surface area contributed by atoms with Gasteiger partial charge in [-0.25, -0.2) is 13.1 Å². The summed E-state index contributed by atoms with van der Waals surface area (Å²) in [4.78, 5) is 13.0. The molecule has 1 aromatic carbocycles. The van der Waals surface area contributed by atoms with Crippen molar-refractivity contribution in [1.29, 1.82) is 0 Å². The highest BCUT2D eigenvalue weighted by molar-refractivity contribution is 8.00. The fourth-order valence-electron chi connectivity index (χ4n) is 4.10. The molecule has 1 aromatic heterocycles. The zero-order valence-corrected chi connectivity index (χ0v) is 20.3. The molecule has 1 atom stereocenters. The van der Waals surface area contributed by atoms with Gasteiger partial charge in [-0.3, -0.25) is 4.79 Å². The Morgan fingerprint density at radius 1 is 1.19 bits per heavy atom. The third kappa shape index (κ3) is 5.11. The van der Waals surface area contributed by atoms with Gasteiger partial charge in [-0.15, -0.1) is 5.10 Å². The Labute approximate surface area is 197 Å². The van der Waals surface area contributed by atoms with Crippen molar-refractivity contribution in [2.24, 2.45) is 0 Å².